The minimum absolute atomic E-state index is 0.134. The first kappa shape index (κ1) is 13.7. The molecule has 0 unspecified atom stereocenters. The quantitative estimate of drug-likeness (QED) is 0.798. The first-order valence-corrected chi connectivity index (χ1v) is 5.95. The van der Waals surface area contributed by atoms with Crippen molar-refractivity contribution in [3.8, 4) is 0 Å². The second kappa shape index (κ2) is 6.47. The zero-order valence-corrected chi connectivity index (χ0v) is 10.9. The van der Waals surface area contributed by atoms with Gasteiger partial charge in [-0.15, -0.1) is 0 Å². The maximum Gasteiger partial charge on any atom is 0.340 e. The van der Waals surface area contributed by atoms with Crippen LogP contribution in [0.2, 0.25) is 0 Å². The van der Waals surface area contributed by atoms with Gasteiger partial charge >= 0.3 is 11.9 Å². The van der Waals surface area contributed by atoms with Crippen LogP contribution in [0.25, 0.3) is 0 Å². The summed E-state index contributed by atoms with van der Waals surface area (Å²) in [4.78, 5) is 26.8. The maximum absolute atomic E-state index is 11.7. The molecule has 0 radical (unpaired) electrons. The van der Waals surface area contributed by atoms with Crippen LogP contribution in [0.3, 0.4) is 0 Å². The molecule has 0 aliphatic heterocycles. The van der Waals surface area contributed by atoms with Crippen LogP contribution in [0.5, 0.6) is 0 Å². The summed E-state index contributed by atoms with van der Waals surface area (Å²) in [6.07, 6.45) is 3.03. The Morgan fingerprint density at radius 3 is 2.40 bits per heavy atom. The summed E-state index contributed by atoms with van der Waals surface area (Å²) in [5.41, 5.74) is 1.64. The smallest absolute Gasteiger partial charge is 0.340 e. The minimum atomic E-state index is -0.435. The van der Waals surface area contributed by atoms with Crippen molar-refractivity contribution >= 4 is 11.9 Å². The zero-order valence-electron chi connectivity index (χ0n) is 10.9. The van der Waals surface area contributed by atoms with Crippen molar-refractivity contribution in [1.29, 1.82) is 0 Å². The highest BCUT2D eigenvalue weighted by Gasteiger charge is 2.08. The first-order chi connectivity index (χ1) is 9.70. The molecule has 1 aromatic heterocycles. The lowest BCUT2D eigenvalue weighted by Crippen LogP contribution is -2.06. The Labute approximate surface area is 116 Å². The molecule has 0 N–H and O–H groups in total. The fourth-order valence-corrected chi connectivity index (χ4v) is 1.57. The average molecular weight is 271 g/mol. The molecule has 0 saturated carbocycles. The van der Waals surface area contributed by atoms with Crippen LogP contribution in [0.4, 0.5) is 0 Å². The number of benzene rings is 1. The van der Waals surface area contributed by atoms with E-state index in [4.69, 9.17) is 4.74 Å². The number of rotatable bonds is 4. The number of carbonyl (C=O) groups excluding carboxylic acids is 2. The predicted octanol–water partition coefficient (Wildman–Crippen LogP) is 2.23. The van der Waals surface area contributed by atoms with Gasteiger partial charge in [-0.05, 0) is 29.8 Å². The Bertz CT molecular complexity index is 593. The van der Waals surface area contributed by atoms with E-state index in [2.05, 4.69) is 9.72 Å². The number of methoxy groups -OCH3 is 1. The molecule has 1 aromatic carbocycles. The molecule has 20 heavy (non-hydrogen) atoms. The van der Waals surface area contributed by atoms with E-state index in [0.29, 0.717) is 11.1 Å². The Balaban J connectivity index is 1.94. The Morgan fingerprint density at radius 2 is 1.80 bits per heavy atom. The van der Waals surface area contributed by atoms with Crippen molar-refractivity contribution in [1.82, 2.24) is 4.98 Å². The molecule has 0 spiro atoms. The number of hydrogen-bond donors (Lipinski definition) is 0. The molecule has 2 aromatic rings. The number of pyridine rings is 1. The molecule has 0 saturated heterocycles. The van der Waals surface area contributed by atoms with E-state index < -0.39 is 11.9 Å². The summed E-state index contributed by atoms with van der Waals surface area (Å²) in [6, 6.07) is 9.97. The molecule has 0 fully saturated rings. The molecule has 1 heterocycles. The fourth-order valence-electron chi connectivity index (χ4n) is 1.57. The third-order valence-corrected chi connectivity index (χ3v) is 2.64. The van der Waals surface area contributed by atoms with E-state index in [-0.39, 0.29) is 6.61 Å². The third kappa shape index (κ3) is 3.41. The van der Waals surface area contributed by atoms with Gasteiger partial charge in [0.2, 0.25) is 0 Å². The highest BCUT2D eigenvalue weighted by molar-refractivity contribution is 5.89. The highest BCUT2D eigenvalue weighted by atomic mass is 16.5. The molecular formula is C15H13NO4. The van der Waals surface area contributed by atoms with Crippen LogP contribution in [0.15, 0.2) is 48.8 Å². The molecule has 2 rings (SSSR count). The number of hydrogen-bond acceptors (Lipinski definition) is 5. The second-order valence-corrected chi connectivity index (χ2v) is 4.01. The monoisotopic (exact) mass is 271 g/mol. The maximum atomic E-state index is 11.7. The molecule has 102 valence electrons. The predicted molar refractivity (Wildman–Crippen MR) is 71.1 cm³/mol. The van der Waals surface area contributed by atoms with Crippen molar-refractivity contribution in [2.45, 2.75) is 6.61 Å². The van der Waals surface area contributed by atoms with Crippen molar-refractivity contribution in [3.63, 3.8) is 0 Å². The van der Waals surface area contributed by atoms with Crippen LogP contribution >= 0.6 is 0 Å². The van der Waals surface area contributed by atoms with Gasteiger partial charge in [0.1, 0.15) is 6.61 Å². The highest BCUT2D eigenvalue weighted by Crippen LogP contribution is 2.08. The standard InChI is InChI=1S/C15H13NO4/c1-19-14(17)12-6-4-11(5-7-12)10-20-15(18)13-3-2-8-16-9-13/h2-9H,10H2,1H3. The van der Waals surface area contributed by atoms with Crippen molar-refractivity contribution < 1.29 is 19.1 Å². The lowest BCUT2D eigenvalue weighted by Gasteiger charge is -2.05. The van der Waals surface area contributed by atoms with E-state index in [0.717, 1.165) is 5.56 Å². The Kier molecular flexibility index (Phi) is 4.44. The molecule has 5 heteroatoms. The van der Waals surface area contributed by atoms with Gasteiger partial charge in [0.05, 0.1) is 18.2 Å². The van der Waals surface area contributed by atoms with Gasteiger partial charge in [0.25, 0.3) is 0 Å². The largest absolute Gasteiger partial charge is 0.465 e. The average Bonchev–Trinajstić information content (AvgIpc) is 2.53. The molecule has 5 nitrogen and oxygen atoms in total. The molecule has 0 bridgehead atoms. The number of nitrogens with zero attached hydrogens (tertiary/aromatic N) is 1. The van der Waals surface area contributed by atoms with E-state index in [1.54, 1.807) is 42.6 Å². The lowest BCUT2D eigenvalue weighted by atomic mass is 10.1. The van der Waals surface area contributed by atoms with Crippen molar-refractivity contribution in [2.24, 2.45) is 0 Å². The van der Waals surface area contributed by atoms with Gasteiger partial charge in [-0.3, -0.25) is 4.98 Å². The van der Waals surface area contributed by atoms with Crippen molar-refractivity contribution in [2.75, 3.05) is 7.11 Å². The van der Waals surface area contributed by atoms with Crippen molar-refractivity contribution in [3.05, 3.63) is 65.5 Å². The van der Waals surface area contributed by atoms with Gasteiger partial charge < -0.3 is 9.47 Å². The van der Waals surface area contributed by atoms with E-state index in [1.165, 1.54) is 13.3 Å². The second-order valence-electron chi connectivity index (χ2n) is 4.01. The molecule has 0 atom stereocenters. The first-order valence-electron chi connectivity index (χ1n) is 5.95. The van der Waals surface area contributed by atoms with Crippen LogP contribution in [-0.2, 0) is 16.1 Å². The Morgan fingerprint density at radius 1 is 1.05 bits per heavy atom. The van der Waals surface area contributed by atoms with E-state index >= 15 is 0 Å². The third-order valence-electron chi connectivity index (χ3n) is 2.64. The molecule has 0 aliphatic carbocycles. The minimum Gasteiger partial charge on any atom is -0.465 e. The van der Waals surface area contributed by atoms with E-state index in [1.807, 2.05) is 0 Å². The molecule has 0 amide bonds. The van der Waals surface area contributed by atoms with Gasteiger partial charge in [-0.2, -0.15) is 0 Å². The van der Waals surface area contributed by atoms with Crippen LogP contribution < -0.4 is 0 Å². The van der Waals surface area contributed by atoms with Crippen LogP contribution in [-0.4, -0.2) is 24.0 Å². The van der Waals surface area contributed by atoms with Gasteiger partial charge in [-0.1, -0.05) is 12.1 Å². The summed E-state index contributed by atoms with van der Waals surface area (Å²) in [7, 11) is 1.33. The van der Waals surface area contributed by atoms with E-state index in [9.17, 15) is 9.59 Å². The molecule has 0 aliphatic rings. The topological polar surface area (TPSA) is 65.5 Å². The number of aromatic nitrogens is 1. The SMILES string of the molecule is COC(=O)c1ccc(COC(=O)c2cccnc2)cc1. The zero-order chi connectivity index (χ0) is 14.4. The van der Waals surface area contributed by atoms with Gasteiger partial charge in [-0.25, -0.2) is 9.59 Å². The summed E-state index contributed by atoms with van der Waals surface area (Å²) in [5, 5.41) is 0. The molecular weight excluding hydrogens is 258 g/mol. The van der Waals surface area contributed by atoms with Crippen LogP contribution in [0.1, 0.15) is 26.3 Å². The summed E-state index contributed by atoms with van der Waals surface area (Å²) >= 11 is 0. The number of carbonyl (C=O) groups is 2. The van der Waals surface area contributed by atoms with Crippen LogP contribution in [0, 0.1) is 0 Å². The van der Waals surface area contributed by atoms with Gasteiger partial charge in [0.15, 0.2) is 0 Å². The normalized spacial score (nSPS) is 9.85. The fraction of sp³-hybridized carbons (Fsp3) is 0.133. The number of ether oxygens (including phenoxy) is 2. The lowest BCUT2D eigenvalue weighted by molar-refractivity contribution is 0.0471. The number of esters is 2. The summed E-state index contributed by atoms with van der Waals surface area (Å²) < 4.78 is 9.75. The summed E-state index contributed by atoms with van der Waals surface area (Å²) in [5.74, 6) is -0.834. The Hall–Kier alpha value is -2.69. The van der Waals surface area contributed by atoms with Gasteiger partial charge in [0, 0.05) is 12.4 Å². The summed E-state index contributed by atoms with van der Waals surface area (Å²) in [6.45, 7) is 0.134.